The monoisotopic (exact) mass is 231 g/mol. The van der Waals surface area contributed by atoms with Crippen LogP contribution in [0.5, 0.6) is 0 Å². The van der Waals surface area contributed by atoms with Gasteiger partial charge in [-0.1, -0.05) is 42.5 Å². The maximum absolute atomic E-state index is 3.31. The first-order chi connectivity index (χ1) is 7.45. The predicted octanol–water partition coefficient (Wildman–Crippen LogP) is 4.04. The van der Waals surface area contributed by atoms with Gasteiger partial charge in [0.2, 0.25) is 0 Å². The van der Waals surface area contributed by atoms with E-state index in [1.807, 2.05) is 0 Å². The summed E-state index contributed by atoms with van der Waals surface area (Å²) in [6, 6.07) is 14.9. The Hall–Kier alpha value is -1.06. The van der Waals surface area contributed by atoms with Crippen molar-refractivity contribution >= 4 is 38.2 Å². The third-order valence-electron chi connectivity index (χ3n) is 2.45. The van der Waals surface area contributed by atoms with Crippen molar-refractivity contribution in [1.29, 1.82) is 0 Å². The average molecular weight is 231 g/mol. The Morgan fingerprint density at radius 1 is 0.933 bits per heavy atom. The molecule has 0 saturated carbocycles. The highest BCUT2D eigenvalue weighted by Gasteiger charge is 2.09. The molecule has 0 radical (unpaired) electrons. The van der Waals surface area contributed by atoms with Crippen LogP contribution in [0.3, 0.4) is 0 Å². The summed E-state index contributed by atoms with van der Waals surface area (Å²) < 4.78 is 3.31. The van der Waals surface area contributed by atoms with Crippen molar-refractivity contribution in [3.63, 3.8) is 0 Å². The number of rotatable bonds is 1. The Bertz CT molecular complexity index is 529. The number of hydrogen-bond donors (Lipinski definition) is 1. The van der Waals surface area contributed by atoms with E-state index in [1.54, 1.807) is 21.8 Å². The van der Waals surface area contributed by atoms with Gasteiger partial charge in [0, 0.05) is 22.0 Å². The second kappa shape index (κ2) is 3.83. The molecule has 0 aliphatic carbocycles. The van der Waals surface area contributed by atoms with Crippen molar-refractivity contribution in [2.45, 2.75) is 0 Å². The van der Waals surface area contributed by atoms with Crippen molar-refractivity contribution < 1.29 is 0 Å². The van der Waals surface area contributed by atoms with E-state index >= 15 is 0 Å². The molecule has 1 nitrogen and oxygen atoms in total. The van der Waals surface area contributed by atoms with Crippen LogP contribution in [0.2, 0.25) is 0 Å². The lowest BCUT2D eigenvalue weighted by atomic mass is 10.0. The quantitative estimate of drug-likeness (QED) is 0.587. The molecule has 0 aromatic heterocycles. The topological polar surface area (TPSA) is 12.0 Å². The van der Waals surface area contributed by atoms with E-state index in [0.717, 1.165) is 0 Å². The minimum absolute atomic E-state index is 1.21. The first kappa shape index (κ1) is 9.19. The van der Waals surface area contributed by atoms with Crippen LogP contribution in [-0.2, 0) is 0 Å². The molecule has 1 aliphatic heterocycles. The van der Waals surface area contributed by atoms with Gasteiger partial charge in [-0.3, -0.25) is 0 Å². The molecule has 0 amide bonds. The van der Waals surface area contributed by atoms with Crippen LogP contribution < -0.4 is 4.72 Å². The van der Waals surface area contributed by atoms with E-state index in [-0.39, 0.29) is 0 Å². The summed E-state index contributed by atoms with van der Waals surface area (Å²) in [6.45, 7) is 0. The van der Waals surface area contributed by atoms with Crippen molar-refractivity contribution in [2.75, 3.05) is 0 Å². The van der Waals surface area contributed by atoms with Crippen LogP contribution >= 0.6 is 21.8 Å². The summed E-state index contributed by atoms with van der Waals surface area (Å²) in [4.78, 5) is 0. The molecule has 1 N–H and O–H groups in total. The first-order valence-electron chi connectivity index (χ1n) is 4.72. The van der Waals surface area contributed by atoms with E-state index in [9.17, 15) is 0 Å². The van der Waals surface area contributed by atoms with Crippen LogP contribution in [0.1, 0.15) is 5.56 Å². The molecule has 0 bridgehead atoms. The van der Waals surface area contributed by atoms with Gasteiger partial charge in [-0.2, -0.15) is 0 Å². The molecule has 1 aliphatic rings. The number of fused-ring (bicyclic) bond motifs is 1. The van der Waals surface area contributed by atoms with Gasteiger partial charge in [0.05, 0.1) is 5.70 Å². The maximum Gasteiger partial charge on any atom is 0.0599 e. The van der Waals surface area contributed by atoms with Crippen molar-refractivity contribution in [3.8, 4) is 0 Å². The van der Waals surface area contributed by atoms with Crippen LogP contribution in [0.15, 0.2) is 47.9 Å². The Labute approximate surface area is 96.5 Å². The molecule has 74 valence electrons. The molecule has 0 spiro atoms. The van der Waals surface area contributed by atoms with E-state index in [1.165, 1.54) is 22.0 Å². The number of nitrogens with one attached hydrogen (secondary N) is 1. The SMILES string of the molecule is C1=C(c2cccc3ccccc23)NSS1. The molecule has 0 saturated heterocycles. The van der Waals surface area contributed by atoms with E-state index < -0.39 is 0 Å². The fourth-order valence-corrected chi connectivity index (χ4v) is 3.30. The standard InChI is InChI=1S/C12H9NS2/c1-2-6-10-9(4-1)5-3-7-11(10)12-8-14-15-13-12/h1-8,13H. The molecular formula is C12H9NS2. The fourth-order valence-electron chi connectivity index (χ4n) is 1.74. The second-order valence-corrected chi connectivity index (χ2v) is 5.22. The molecule has 0 atom stereocenters. The third kappa shape index (κ3) is 1.62. The van der Waals surface area contributed by atoms with Crippen molar-refractivity contribution in [2.24, 2.45) is 0 Å². The molecule has 3 rings (SSSR count). The Kier molecular flexibility index (Phi) is 2.35. The molecular weight excluding hydrogens is 222 g/mol. The maximum atomic E-state index is 3.31. The van der Waals surface area contributed by atoms with E-state index in [2.05, 4.69) is 52.6 Å². The zero-order valence-corrected chi connectivity index (χ0v) is 9.57. The summed E-state index contributed by atoms with van der Waals surface area (Å²) in [5.74, 6) is 0. The molecule has 0 unspecified atom stereocenters. The minimum Gasteiger partial charge on any atom is -0.319 e. The van der Waals surface area contributed by atoms with Gasteiger partial charge in [-0.05, 0) is 21.6 Å². The van der Waals surface area contributed by atoms with Crippen LogP contribution in [0, 0.1) is 0 Å². The van der Waals surface area contributed by atoms with Crippen LogP contribution in [0.25, 0.3) is 16.5 Å². The highest BCUT2D eigenvalue weighted by atomic mass is 33.1. The van der Waals surface area contributed by atoms with Crippen LogP contribution in [-0.4, -0.2) is 0 Å². The minimum atomic E-state index is 1.21. The highest BCUT2D eigenvalue weighted by Crippen LogP contribution is 2.35. The van der Waals surface area contributed by atoms with Crippen molar-refractivity contribution in [1.82, 2.24) is 4.72 Å². The number of benzene rings is 2. The summed E-state index contributed by atoms with van der Waals surface area (Å²) in [5, 5.41) is 4.76. The zero-order chi connectivity index (χ0) is 10.1. The lowest BCUT2D eigenvalue weighted by Gasteiger charge is -2.06. The molecule has 1 heterocycles. The molecule has 0 fully saturated rings. The van der Waals surface area contributed by atoms with Gasteiger partial charge >= 0.3 is 0 Å². The summed E-state index contributed by atoms with van der Waals surface area (Å²) in [5.41, 5.74) is 2.49. The summed E-state index contributed by atoms with van der Waals surface area (Å²) in [7, 11) is 3.39. The van der Waals surface area contributed by atoms with E-state index in [4.69, 9.17) is 0 Å². The zero-order valence-electron chi connectivity index (χ0n) is 7.94. The van der Waals surface area contributed by atoms with Crippen LogP contribution in [0.4, 0.5) is 0 Å². The van der Waals surface area contributed by atoms with Gasteiger partial charge < -0.3 is 4.72 Å². The molecule has 15 heavy (non-hydrogen) atoms. The van der Waals surface area contributed by atoms with Crippen molar-refractivity contribution in [3.05, 3.63) is 53.4 Å². The lowest BCUT2D eigenvalue weighted by molar-refractivity contribution is 1.45. The number of hydrogen-bond acceptors (Lipinski definition) is 3. The normalized spacial score (nSPS) is 15.1. The molecule has 3 heteroatoms. The average Bonchev–Trinajstić information content (AvgIpc) is 2.82. The lowest BCUT2D eigenvalue weighted by Crippen LogP contribution is -1.96. The van der Waals surface area contributed by atoms with Gasteiger partial charge in [0.15, 0.2) is 0 Å². The highest BCUT2D eigenvalue weighted by molar-refractivity contribution is 8.77. The fraction of sp³-hybridized carbons (Fsp3) is 0. The van der Waals surface area contributed by atoms with Gasteiger partial charge in [-0.25, -0.2) is 0 Å². The second-order valence-electron chi connectivity index (χ2n) is 3.34. The van der Waals surface area contributed by atoms with Gasteiger partial charge in [0.25, 0.3) is 0 Å². The summed E-state index contributed by atoms with van der Waals surface area (Å²) in [6.07, 6.45) is 0. The summed E-state index contributed by atoms with van der Waals surface area (Å²) >= 11 is 0. The Balaban J connectivity index is 2.26. The van der Waals surface area contributed by atoms with E-state index in [0.29, 0.717) is 0 Å². The largest absolute Gasteiger partial charge is 0.319 e. The Morgan fingerprint density at radius 3 is 2.67 bits per heavy atom. The molecule has 2 aromatic rings. The molecule has 2 aromatic carbocycles. The Morgan fingerprint density at radius 2 is 1.80 bits per heavy atom. The third-order valence-corrected chi connectivity index (χ3v) is 4.00. The van der Waals surface area contributed by atoms with Gasteiger partial charge in [0.1, 0.15) is 0 Å². The first-order valence-corrected chi connectivity index (χ1v) is 6.93. The smallest absolute Gasteiger partial charge is 0.0599 e. The van der Waals surface area contributed by atoms with Gasteiger partial charge in [-0.15, -0.1) is 0 Å². The predicted molar refractivity (Wildman–Crippen MR) is 70.2 cm³/mol.